The molecular formula is C22H28N2O5S. The lowest BCUT2D eigenvalue weighted by Crippen LogP contribution is -2.48. The van der Waals surface area contributed by atoms with Gasteiger partial charge in [0.15, 0.2) is 0 Å². The maximum Gasteiger partial charge on any atom is 0.253 e. The number of nitrogens with zero attached hydrogens (tertiary/aromatic N) is 2. The van der Waals surface area contributed by atoms with Crippen LogP contribution in [0.25, 0.3) is 0 Å². The predicted octanol–water partition coefficient (Wildman–Crippen LogP) is 2.77. The summed E-state index contributed by atoms with van der Waals surface area (Å²) in [5.74, 6) is 0.436. The van der Waals surface area contributed by atoms with Crippen LogP contribution in [0.15, 0.2) is 53.4 Å². The van der Waals surface area contributed by atoms with E-state index < -0.39 is 10.0 Å². The van der Waals surface area contributed by atoms with Crippen LogP contribution in [0.5, 0.6) is 5.75 Å². The summed E-state index contributed by atoms with van der Waals surface area (Å²) in [6.07, 6.45) is -0.361. The zero-order chi connectivity index (χ0) is 21.9. The van der Waals surface area contributed by atoms with Crippen LogP contribution in [0.2, 0.25) is 0 Å². The SMILES string of the molecule is COc1ccccc1CN(C)C(=O)c1cccc(S(=O)(=O)N2C[C@@H](C)O[C@@H](C)C2)c1. The molecule has 0 aliphatic carbocycles. The number of sulfonamides is 1. The number of hydrogen-bond donors (Lipinski definition) is 0. The van der Waals surface area contributed by atoms with Gasteiger partial charge in [0.2, 0.25) is 10.0 Å². The van der Waals surface area contributed by atoms with Crippen molar-refractivity contribution in [3.05, 3.63) is 59.7 Å². The Bertz CT molecular complexity index is 998. The van der Waals surface area contributed by atoms with E-state index in [0.29, 0.717) is 30.9 Å². The van der Waals surface area contributed by atoms with Gasteiger partial charge in [0.1, 0.15) is 5.75 Å². The van der Waals surface area contributed by atoms with Gasteiger partial charge < -0.3 is 14.4 Å². The molecule has 0 radical (unpaired) electrons. The minimum Gasteiger partial charge on any atom is -0.496 e. The number of amides is 1. The zero-order valence-electron chi connectivity index (χ0n) is 17.7. The van der Waals surface area contributed by atoms with E-state index in [1.165, 1.54) is 16.4 Å². The molecular weight excluding hydrogens is 404 g/mol. The van der Waals surface area contributed by atoms with Crippen LogP contribution < -0.4 is 4.74 Å². The van der Waals surface area contributed by atoms with Crippen molar-refractivity contribution in [2.24, 2.45) is 0 Å². The van der Waals surface area contributed by atoms with E-state index in [9.17, 15) is 13.2 Å². The fourth-order valence-electron chi connectivity index (χ4n) is 3.65. The maximum atomic E-state index is 13.1. The first-order valence-electron chi connectivity index (χ1n) is 9.85. The highest BCUT2D eigenvalue weighted by Gasteiger charge is 2.32. The molecule has 0 unspecified atom stereocenters. The lowest BCUT2D eigenvalue weighted by atomic mass is 10.1. The van der Waals surface area contributed by atoms with Gasteiger partial charge >= 0.3 is 0 Å². The Morgan fingerprint density at radius 1 is 1.13 bits per heavy atom. The summed E-state index contributed by atoms with van der Waals surface area (Å²) < 4.78 is 38.7. The van der Waals surface area contributed by atoms with E-state index in [0.717, 1.165) is 5.56 Å². The summed E-state index contributed by atoms with van der Waals surface area (Å²) in [5.41, 5.74) is 1.19. The van der Waals surface area contributed by atoms with E-state index >= 15 is 0 Å². The van der Waals surface area contributed by atoms with E-state index in [1.54, 1.807) is 31.2 Å². The molecule has 1 fully saturated rings. The van der Waals surface area contributed by atoms with Gasteiger partial charge in [-0.05, 0) is 38.1 Å². The van der Waals surface area contributed by atoms with E-state index in [2.05, 4.69) is 0 Å². The molecule has 8 heteroatoms. The standard InChI is InChI=1S/C22H28N2O5S/c1-16-13-24(14-17(2)29-16)30(26,27)20-10-7-9-18(12-20)22(25)23(3)15-19-8-5-6-11-21(19)28-4/h5-12,16-17H,13-15H2,1-4H3/t16-,17+. The smallest absolute Gasteiger partial charge is 0.253 e. The topological polar surface area (TPSA) is 76.2 Å². The molecule has 30 heavy (non-hydrogen) atoms. The van der Waals surface area contributed by atoms with Crippen molar-refractivity contribution in [2.75, 3.05) is 27.2 Å². The van der Waals surface area contributed by atoms with Crippen LogP contribution in [0, 0.1) is 0 Å². The van der Waals surface area contributed by atoms with Crippen molar-refractivity contribution in [3.63, 3.8) is 0 Å². The fourth-order valence-corrected chi connectivity index (χ4v) is 5.28. The largest absolute Gasteiger partial charge is 0.496 e. The van der Waals surface area contributed by atoms with Crippen molar-refractivity contribution in [3.8, 4) is 5.75 Å². The van der Waals surface area contributed by atoms with Gasteiger partial charge in [-0.25, -0.2) is 8.42 Å². The molecule has 0 saturated carbocycles. The summed E-state index contributed by atoms with van der Waals surface area (Å²) in [6, 6.07) is 13.7. The second-order valence-electron chi connectivity index (χ2n) is 7.58. The lowest BCUT2D eigenvalue weighted by molar-refractivity contribution is -0.0440. The normalized spacial score (nSPS) is 20.0. The average Bonchev–Trinajstić information content (AvgIpc) is 2.73. The van der Waals surface area contributed by atoms with Gasteiger partial charge in [-0.2, -0.15) is 4.31 Å². The van der Waals surface area contributed by atoms with E-state index in [1.807, 2.05) is 38.1 Å². The molecule has 0 N–H and O–H groups in total. The Balaban J connectivity index is 1.81. The van der Waals surface area contributed by atoms with Gasteiger partial charge in [-0.3, -0.25) is 4.79 Å². The van der Waals surface area contributed by atoms with Crippen LogP contribution in [0.4, 0.5) is 0 Å². The van der Waals surface area contributed by atoms with Gasteiger partial charge in [0.25, 0.3) is 5.91 Å². The Morgan fingerprint density at radius 3 is 2.47 bits per heavy atom. The highest BCUT2D eigenvalue weighted by Crippen LogP contribution is 2.23. The summed E-state index contributed by atoms with van der Waals surface area (Å²) >= 11 is 0. The van der Waals surface area contributed by atoms with Crippen molar-refractivity contribution in [1.82, 2.24) is 9.21 Å². The summed E-state index contributed by atoms with van der Waals surface area (Å²) in [7, 11) is -0.449. The number of carbonyl (C=O) groups excluding carboxylic acids is 1. The number of ether oxygens (including phenoxy) is 2. The van der Waals surface area contributed by atoms with Crippen LogP contribution in [0.1, 0.15) is 29.8 Å². The number of methoxy groups -OCH3 is 1. The van der Waals surface area contributed by atoms with Crippen LogP contribution in [0.3, 0.4) is 0 Å². The monoisotopic (exact) mass is 432 g/mol. The second-order valence-corrected chi connectivity index (χ2v) is 9.52. The molecule has 2 atom stereocenters. The number of rotatable bonds is 6. The summed E-state index contributed by atoms with van der Waals surface area (Å²) in [5, 5.41) is 0. The Labute approximate surface area is 178 Å². The molecule has 2 aromatic rings. The lowest BCUT2D eigenvalue weighted by Gasteiger charge is -2.34. The number of benzene rings is 2. The minimum atomic E-state index is -3.72. The molecule has 1 saturated heterocycles. The molecule has 1 aliphatic rings. The quantitative estimate of drug-likeness (QED) is 0.702. The molecule has 0 spiro atoms. The first-order chi connectivity index (χ1) is 14.2. The Hall–Kier alpha value is -2.42. The zero-order valence-corrected chi connectivity index (χ0v) is 18.6. The average molecular weight is 433 g/mol. The third kappa shape index (κ3) is 4.83. The molecule has 3 rings (SSSR count). The predicted molar refractivity (Wildman–Crippen MR) is 114 cm³/mol. The Morgan fingerprint density at radius 2 is 1.80 bits per heavy atom. The molecule has 7 nitrogen and oxygen atoms in total. The van der Waals surface area contributed by atoms with Crippen molar-refractivity contribution < 1.29 is 22.7 Å². The number of para-hydroxylation sites is 1. The van der Waals surface area contributed by atoms with E-state index in [-0.39, 0.29) is 23.0 Å². The molecule has 0 aromatic heterocycles. The van der Waals surface area contributed by atoms with Crippen LogP contribution in [-0.4, -0.2) is 63.0 Å². The minimum absolute atomic E-state index is 0.111. The van der Waals surface area contributed by atoms with Gasteiger partial charge in [0.05, 0.1) is 24.2 Å². The van der Waals surface area contributed by atoms with E-state index in [4.69, 9.17) is 9.47 Å². The van der Waals surface area contributed by atoms with Crippen LogP contribution >= 0.6 is 0 Å². The molecule has 0 bridgehead atoms. The van der Waals surface area contributed by atoms with Crippen molar-refractivity contribution in [1.29, 1.82) is 0 Å². The van der Waals surface area contributed by atoms with Crippen molar-refractivity contribution in [2.45, 2.75) is 37.5 Å². The highest BCUT2D eigenvalue weighted by atomic mass is 32.2. The highest BCUT2D eigenvalue weighted by molar-refractivity contribution is 7.89. The first-order valence-corrected chi connectivity index (χ1v) is 11.3. The number of hydrogen-bond acceptors (Lipinski definition) is 5. The van der Waals surface area contributed by atoms with Gasteiger partial charge in [-0.1, -0.05) is 24.3 Å². The van der Waals surface area contributed by atoms with Gasteiger partial charge in [0, 0.05) is 37.8 Å². The number of morpholine rings is 1. The third-order valence-electron chi connectivity index (χ3n) is 5.05. The fraction of sp³-hybridized carbons (Fsp3) is 0.409. The summed E-state index contributed by atoms with van der Waals surface area (Å²) in [4.78, 5) is 14.6. The van der Waals surface area contributed by atoms with Gasteiger partial charge in [-0.15, -0.1) is 0 Å². The third-order valence-corrected chi connectivity index (χ3v) is 6.88. The number of carbonyl (C=O) groups is 1. The molecule has 1 heterocycles. The molecule has 162 valence electrons. The van der Waals surface area contributed by atoms with Crippen molar-refractivity contribution >= 4 is 15.9 Å². The van der Waals surface area contributed by atoms with Crippen LogP contribution in [-0.2, 0) is 21.3 Å². The molecule has 1 amide bonds. The molecule has 2 aromatic carbocycles. The second kappa shape index (κ2) is 9.16. The maximum absolute atomic E-state index is 13.1. The molecule has 1 aliphatic heterocycles. The first kappa shape index (κ1) is 22.3. The summed E-state index contributed by atoms with van der Waals surface area (Å²) in [6.45, 7) is 4.63. The Kier molecular flexibility index (Phi) is 6.80.